The number of tetrazole rings is 1. The van der Waals surface area contributed by atoms with Gasteiger partial charge in [-0.2, -0.15) is 9.36 Å². The minimum Gasteiger partial charge on any atom is -0.459 e. The summed E-state index contributed by atoms with van der Waals surface area (Å²) in [5.41, 5.74) is 0.533. The van der Waals surface area contributed by atoms with Gasteiger partial charge in [0.1, 0.15) is 6.54 Å². The summed E-state index contributed by atoms with van der Waals surface area (Å²) in [6.45, 7) is -0.0517. The van der Waals surface area contributed by atoms with E-state index in [4.69, 9.17) is 8.83 Å². The molecule has 0 fully saturated rings. The van der Waals surface area contributed by atoms with E-state index in [2.05, 4.69) is 20.6 Å². The van der Waals surface area contributed by atoms with Crippen LogP contribution in [0.3, 0.4) is 0 Å². The molecule has 3 heterocycles. The summed E-state index contributed by atoms with van der Waals surface area (Å²) < 4.78 is 35.8. The Balaban J connectivity index is 1.64. The predicted octanol–water partition coefficient (Wildman–Crippen LogP) is 0.524. The van der Waals surface area contributed by atoms with Crippen LogP contribution in [0.15, 0.2) is 61.2 Å². The number of sulfone groups is 1. The molecule has 0 saturated carbocycles. The van der Waals surface area contributed by atoms with Gasteiger partial charge in [0.15, 0.2) is 21.4 Å². The molecule has 0 aliphatic carbocycles. The van der Waals surface area contributed by atoms with Crippen molar-refractivity contribution >= 4 is 9.84 Å². The zero-order valence-electron chi connectivity index (χ0n) is 13.9. The minimum absolute atomic E-state index is 0.0431. The first-order valence-electron chi connectivity index (χ1n) is 7.61. The smallest absolute Gasteiger partial charge is 0.437 e. The molecule has 4 aromatic rings. The molecule has 12 heteroatoms. The second kappa shape index (κ2) is 6.32. The van der Waals surface area contributed by atoms with Crippen LogP contribution >= 0.6 is 0 Å². The number of rotatable bonds is 5. The van der Waals surface area contributed by atoms with Gasteiger partial charge in [0, 0.05) is 6.26 Å². The highest BCUT2D eigenvalue weighted by molar-refractivity contribution is 7.90. The SMILES string of the molecule is CS(=O)(=O)c1ccc(-n2nnnc2Cn2nc(-c3ccco3)oc2=O)cc1. The Morgan fingerprint density at radius 1 is 1.15 bits per heavy atom. The molecule has 1 aromatic carbocycles. The van der Waals surface area contributed by atoms with Crippen molar-refractivity contribution in [3.8, 4) is 17.3 Å². The lowest BCUT2D eigenvalue weighted by atomic mass is 10.3. The Kier molecular flexibility index (Phi) is 3.96. The van der Waals surface area contributed by atoms with Crippen LogP contribution in [0.25, 0.3) is 17.3 Å². The molecule has 0 saturated heterocycles. The Labute approximate surface area is 151 Å². The lowest BCUT2D eigenvalue weighted by molar-refractivity contribution is 0.473. The second-order valence-corrected chi connectivity index (χ2v) is 7.60. The van der Waals surface area contributed by atoms with Crippen molar-refractivity contribution in [2.24, 2.45) is 0 Å². The maximum Gasteiger partial charge on any atom is 0.437 e. The minimum atomic E-state index is -3.31. The van der Waals surface area contributed by atoms with Crippen molar-refractivity contribution in [2.75, 3.05) is 6.26 Å². The number of aromatic nitrogens is 6. The highest BCUT2D eigenvalue weighted by Crippen LogP contribution is 2.16. The number of benzene rings is 1. The number of hydrogen-bond acceptors (Lipinski definition) is 9. The normalized spacial score (nSPS) is 11.7. The molecule has 11 nitrogen and oxygen atoms in total. The molecule has 0 bridgehead atoms. The van der Waals surface area contributed by atoms with E-state index in [1.54, 1.807) is 24.3 Å². The van der Waals surface area contributed by atoms with E-state index in [0.29, 0.717) is 17.3 Å². The van der Waals surface area contributed by atoms with E-state index >= 15 is 0 Å². The molecule has 0 spiro atoms. The molecule has 27 heavy (non-hydrogen) atoms. The van der Waals surface area contributed by atoms with Gasteiger partial charge >= 0.3 is 5.76 Å². The predicted molar refractivity (Wildman–Crippen MR) is 89.8 cm³/mol. The third kappa shape index (κ3) is 3.29. The first-order chi connectivity index (χ1) is 12.9. The summed E-state index contributed by atoms with van der Waals surface area (Å²) in [5, 5.41) is 15.4. The quantitative estimate of drug-likeness (QED) is 0.479. The van der Waals surface area contributed by atoms with Gasteiger partial charge in [0.2, 0.25) is 0 Å². The molecule has 0 aliphatic rings. The fraction of sp³-hybridized carbons (Fsp3) is 0.133. The molecule has 0 radical (unpaired) electrons. The summed E-state index contributed by atoms with van der Waals surface area (Å²) >= 11 is 0. The molecule has 4 rings (SSSR count). The third-order valence-corrected chi connectivity index (χ3v) is 4.80. The fourth-order valence-corrected chi connectivity index (χ4v) is 3.01. The van der Waals surface area contributed by atoms with Gasteiger partial charge in [-0.05, 0) is 46.8 Å². The van der Waals surface area contributed by atoms with Gasteiger partial charge in [-0.25, -0.2) is 13.2 Å². The molecule has 3 aromatic heterocycles. The number of hydrogen-bond donors (Lipinski definition) is 0. The molecule has 0 atom stereocenters. The van der Waals surface area contributed by atoms with Crippen LogP contribution in [0.4, 0.5) is 0 Å². The summed E-state index contributed by atoms with van der Waals surface area (Å²) in [6, 6.07) is 9.30. The van der Waals surface area contributed by atoms with Gasteiger partial charge < -0.3 is 8.83 Å². The van der Waals surface area contributed by atoms with Crippen LogP contribution < -0.4 is 5.76 Å². The van der Waals surface area contributed by atoms with Crippen molar-refractivity contribution in [2.45, 2.75) is 11.4 Å². The van der Waals surface area contributed by atoms with Crippen LogP contribution in [-0.2, 0) is 16.4 Å². The fourth-order valence-electron chi connectivity index (χ4n) is 2.38. The van der Waals surface area contributed by atoms with E-state index in [1.807, 2.05) is 0 Å². The molecule has 0 amide bonds. The van der Waals surface area contributed by atoms with Crippen molar-refractivity contribution in [3.05, 3.63) is 59.0 Å². The third-order valence-electron chi connectivity index (χ3n) is 3.67. The molecule has 0 N–H and O–H groups in total. The Morgan fingerprint density at radius 2 is 1.93 bits per heavy atom. The van der Waals surface area contributed by atoms with Crippen LogP contribution in [0.2, 0.25) is 0 Å². The van der Waals surface area contributed by atoms with Gasteiger partial charge in [-0.1, -0.05) is 0 Å². The lowest BCUT2D eigenvalue weighted by Gasteiger charge is -2.05. The van der Waals surface area contributed by atoms with Crippen LogP contribution in [0.1, 0.15) is 5.82 Å². The van der Waals surface area contributed by atoms with Crippen molar-refractivity contribution in [1.82, 2.24) is 30.0 Å². The van der Waals surface area contributed by atoms with E-state index in [9.17, 15) is 13.2 Å². The van der Waals surface area contributed by atoms with E-state index in [-0.39, 0.29) is 17.3 Å². The Hall–Kier alpha value is -3.54. The molecular formula is C15H12N6O5S. The van der Waals surface area contributed by atoms with Gasteiger partial charge in [-0.3, -0.25) is 0 Å². The first-order valence-corrected chi connectivity index (χ1v) is 9.50. The Morgan fingerprint density at radius 3 is 2.59 bits per heavy atom. The second-order valence-electron chi connectivity index (χ2n) is 5.58. The highest BCUT2D eigenvalue weighted by atomic mass is 32.2. The zero-order valence-corrected chi connectivity index (χ0v) is 14.7. The summed E-state index contributed by atoms with van der Waals surface area (Å²) in [5.74, 6) is -0.0183. The van der Waals surface area contributed by atoms with Crippen molar-refractivity contribution in [3.63, 3.8) is 0 Å². The largest absolute Gasteiger partial charge is 0.459 e. The first kappa shape index (κ1) is 16.9. The topological polar surface area (TPSA) is 139 Å². The summed E-state index contributed by atoms with van der Waals surface area (Å²) in [6.07, 6.45) is 2.56. The maximum absolute atomic E-state index is 12.0. The van der Waals surface area contributed by atoms with E-state index < -0.39 is 15.6 Å². The monoisotopic (exact) mass is 388 g/mol. The van der Waals surface area contributed by atoms with E-state index in [1.165, 1.54) is 23.1 Å². The van der Waals surface area contributed by atoms with E-state index in [0.717, 1.165) is 10.9 Å². The molecule has 0 aliphatic heterocycles. The summed E-state index contributed by atoms with van der Waals surface area (Å²) in [7, 11) is -3.31. The average molecular weight is 388 g/mol. The molecule has 0 unspecified atom stereocenters. The molecular weight excluding hydrogens is 376 g/mol. The van der Waals surface area contributed by atoms with Gasteiger partial charge in [-0.15, -0.1) is 10.2 Å². The average Bonchev–Trinajstić information content (AvgIpc) is 3.36. The van der Waals surface area contributed by atoms with Crippen molar-refractivity contribution < 1.29 is 17.3 Å². The zero-order chi connectivity index (χ0) is 19.0. The van der Waals surface area contributed by atoms with Crippen molar-refractivity contribution in [1.29, 1.82) is 0 Å². The summed E-state index contributed by atoms with van der Waals surface area (Å²) in [4.78, 5) is 12.2. The highest BCUT2D eigenvalue weighted by Gasteiger charge is 2.17. The lowest BCUT2D eigenvalue weighted by Crippen LogP contribution is -2.19. The molecule has 138 valence electrons. The van der Waals surface area contributed by atoms with Crippen LogP contribution in [0, 0.1) is 0 Å². The Bertz CT molecular complexity index is 1230. The van der Waals surface area contributed by atoms with Gasteiger partial charge in [0.25, 0.3) is 5.89 Å². The van der Waals surface area contributed by atoms with Crippen LogP contribution in [0.5, 0.6) is 0 Å². The number of furan rings is 1. The number of nitrogens with zero attached hydrogens (tertiary/aromatic N) is 6. The standard InChI is InChI=1S/C15H12N6O5S/c1-27(23,24)11-6-4-10(5-7-11)21-13(16-18-19-21)9-20-15(22)26-14(17-20)12-3-2-8-25-12/h2-8H,9H2,1H3. The van der Waals surface area contributed by atoms with Gasteiger partial charge in [0.05, 0.1) is 16.8 Å². The maximum atomic E-state index is 12.0. The van der Waals surface area contributed by atoms with Crippen LogP contribution in [-0.4, -0.2) is 44.7 Å².